The van der Waals surface area contributed by atoms with Crippen LogP contribution in [0.3, 0.4) is 0 Å². The van der Waals surface area contributed by atoms with Gasteiger partial charge in [0.1, 0.15) is 0 Å². The second-order valence-corrected chi connectivity index (χ2v) is 6.08. The van der Waals surface area contributed by atoms with Crippen molar-refractivity contribution in [2.75, 3.05) is 26.2 Å². The van der Waals surface area contributed by atoms with Crippen LogP contribution in [0.5, 0.6) is 0 Å². The van der Waals surface area contributed by atoms with Gasteiger partial charge in [-0.25, -0.2) is 0 Å². The molecule has 0 unspecified atom stereocenters. The number of hydrogen-bond acceptors (Lipinski definition) is 2. The summed E-state index contributed by atoms with van der Waals surface area (Å²) in [4.78, 5) is 2.54. The van der Waals surface area contributed by atoms with E-state index in [0.29, 0.717) is 0 Å². The van der Waals surface area contributed by atoms with E-state index >= 15 is 0 Å². The van der Waals surface area contributed by atoms with Crippen molar-refractivity contribution in [2.45, 2.75) is 45.4 Å². The van der Waals surface area contributed by atoms with E-state index in [4.69, 9.17) is 5.73 Å². The van der Waals surface area contributed by atoms with Crippen LogP contribution in [-0.4, -0.2) is 31.1 Å². The molecule has 2 rings (SSSR count). The van der Waals surface area contributed by atoms with Gasteiger partial charge in [-0.15, -0.1) is 0 Å². The van der Waals surface area contributed by atoms with E-state index in [1.54, 1.807) is 0 Å². The highest BCUT2D eigenvalue weighted by atomic mass is 15.1. The number of rotatable bonds is 8. The van der Waals surface area contributed by atoms with Crippen LogP contribution in [0.1, 0.15) is 50.2 Å². The van der Waals surface area contributed by atoms with E-state index in [2.05, 4.69) is 42.2 Å². The molecule has 1 aromatic rings. The molecule has 0 bridgehead atoms. The van der Waals surface area contributed by atoms with Crippen LogP contribution in [-0.2, 0) is 6.42 Å². The topological polar surface area (TPSA) is 29.3 Å². The summed E-state index contributed by atoms with van der Waals surface area (Å²) in [7, 11) is 0. The lowest BCUT2D eigenvalue weighted by Gasteiger charge is -2.26. The number of unbranched alkanes of at least 4 members (excludes halogenated alkanes) is 2. The van der Waals surface area contributed by atoms with Gasteiger partial charge in [0.2, 0.25) is 0 Å². The van der Waals surface area contributed by atoms with E-state index in [1.807, 2.05) is 0 Å². The third-order valence-corrected chi connectivity index (χ3v) is 4.37. The molecule has 2 heteroatoms. The van der Waals surface area contributed by atoms with Gasteiger partial charge in [0.25, 0.3) is 0 Å². The average molecular weight is 286 g/mol. The molecule has 0 saturated heterocycles. The van der Waals surface area contributed by atoms with E-state index < -0.39 is 0 Å². The van der Waals surface area contributed by atoms with Gasteiger partial charge in [-0.2, -0.15) is 0 Å². The molecule has 0 spiro atoms. The Morgan fingerprint density at radius 1 is 1.10 bits per heavy atom. The highest BCUT2D eigenvalue weighted by molar-refractivity contribution is 5.66. The molecule has 2 nitrogen and oxygen atoms in total. The first-order valence-electron chi connectivity index (χ1n) is 8.54. The molecule has 0 radical (unpaired) electrons. The van der Waals surface area contributed by atoms with Crippen molar-refractivity contribution in [3.8, 4) is 0 Å². The van der Waals surface area contributed by atoms with Crippen molar-refractivity contribution in [1.29, 1.82) is 0 Å². The van der Waals surface area contributed by atoms with E-state index in [0.717, 1.165) is 19.5 Å². The Morgan fingerprint density at radius 2 is 1.90 bits per heavy atom. The lowest BCUT2D eigenvalue weighted by atomic mass is 9.97. The molecule has 2 N–H and O–H groups in total. The van der Waals surface area contributed by atoms with Crippen LogP contribution in [0.4, 0.5) is 0 Å². The fraction of sp³-hybridized carbons (Fsp3) is 0.579. The van der Waals surface area contributed by atoms with Crippen molar-refractivity contribution >= 4 is 5.57 Å². The summed E-state index contributed by atoms with van der Waals surface area (Å²) in [5, 5.41) is 0. The van der Waals surface area contributed by atoms with E-state index in [1.165, 1.54) is 61.9 Å². The van der Waals surface area contributed by atoms with Crippen LogP contribution in [0, 0.1) is 0 Å². The molecule has 1 aliphatic heterocycles. The molecular weight excluding hydrogens is 256 g/mol. The molecule has 1 heterocycles. The normalized spacial score (nSPS) is 16.0. The van der Waals surface area contributed by atoms with Crippen LogP contribution in [0.2, 0.25) is 0 Å². The second-order valence-electron chi connectivity index (χ2n) is 6.08. The molecule has 116 valence electrons. The maximum Gasteiger partial charge on any atom is 0.0169 e. The quantitative estimate of drug-likeness (QED) is 0.735. The van der Waals surface area contributed by atoms with Gasteiger partial charge in [0.05, 0.1) is 0 Å². The Morgan fingerprint density at radius 3 is 2.52 bits per heavy atom. The molecule has 0 aromatic heterocycles. The van der Waals surface area contributed by atoms with E-state index in [9.17, 15) is 0 Å². The van der Waals surface area contributed by atoms with Gasteiger partial charge in [0, 0.05) is 13.1 Å². The lowest BCUT2D eigenvalue weighted by Crippen LogP contribution is -2.29. The molecule has 21 heavy (non-hydrogen) atoms. The maximum atomic E-state index is 5.55. The van der Waals surface area contributed by atoms with Gasteiger partial charge in [-0.05, 0) is 61.9 Å². The zero-order valence-electron chi connectivity index (χ0n) is 13.5. The number of aryl methyl sites for hydroxylation is 1. The third-order valence-electron chi connectivity index (χ3n) is 4.37. The first-order chi connectivity index (χ1) is 10.3. The molecule has 0 atom stereocenters. The third kappa shape index (κ3) is 5.29. The number of nitrogens with two attached hydrogens (primary N) is 1. The fourth-order valence-electron chi connectivity index (χ4n) is 2.92. The maximum absolute atomic E-state index is 5.55. The molecule has 0 amide bonds. The largest absolute Gasteiger partial charge is 0.330 e. The van der Waals surface area contributed by atoms with Crippen molar-refractivity contribution in [2.24, 2.45) is 5.73 Å². The Hall–Kier alpha value is -1.12. The lowest BCUT2D eigenvalue weighted by molar-refractivity contribution is 0.296. The number of hydrogen-bond donors (Lipinski definition) is 1. The Balaban J connectivity index is 1.85. The minimum atomic E-state index is 0.819. The van der Waals surface area contributed by atoms with Gasteiger partial charge >= 0.3 is 0 Å². The molecule has 1 aliphatic rings. The monoisotopic (exact) mass is 286 g/mol. The summed E-state index contributed by atoms with van der Waals surface area (Å²) in [6, 6.07) is 9.22. The van der Waals surface area contributed by atoms with Crippen LogP contribution in [0.25, 0.3) is 5.57 Å². The summed E-state index contributed by atoms with van der Waals surface area (Å²) in [5.74, 6) is 0. The molecular formula is C19H30N2. The Labute approximate surface area is 130 Å². The van der Waals surface area contributed by atoms with Gasteiger partial charge < -0.3 is 5.73 Å². The van der Waals surface area contributed by atoms with Crippen molar-refractivity contribution < 1.29 is 0 Å². The first kappa shape index (κ1) is 16.3. The summed E-state index contributed by atoms with van der Waals surface area (Å²) in [5.41, 5.74) is 9.96. The second kappa shape index (κ2) is 9.01. The molecule has 0 fully saturated rings. The minimum absolute atomic E-state index is 0.819. The number of benzene rings is 1. The van der Waals surface area contributed by atoms with Crippen LogP contribution in [0.15, 0.2) is 30.3 Å². The minimum Gasteiger partial charge on any atom is -0.330 e. The van der Waals surface area contributed by atoms with Gasteiger partial charge in [0.15, 0.2) is 0 Å². The zero-order valence-corrected chi connectivity index (χ0v) is 13.5. The van der Waals surface area contributed by atoms with Crippen molar-refractivity contribution in [1.82, 2.24) is 4.90 Å². The smallest absolute Gasteiger partial charge is 0.0169 e. The summed E-state index contributed by atoms with van der Waals surface area (Å²) in [6.07, 6.45) is 9.74. The van der Waals surface area contributed by atoms with Crippen LogP contribution < -0.4 is 5.73 Å². The first-order valence-corrected chi connectivity index (χ1v) is 8.54. The fourth-order valence-corrected chi connectivity index (χ4v) is 2.92. The predicted octanol–water partition coefficient (Wildman–Crippen LogP) is 3.86. The standard InChI is InChI=1S/C19H30N2/c1-2-3-6-17-7-9-18(10-8-17)19-11-15-21(16-12-19)14-5-4-13-20/h7-11H,2-6,12-16,20H2,1H3. The summed E-state index contributed by atoms with van der Waals surface area (Å²) < 4.78 is 0. The van der Waals surface area contributed by atoms with Crippen LogP contribution >= 0.6 is 0 Å². The zero-order chi connectivity index (χ0) is 14.9. The SMILES string of the molecule is CCCCc1ccc(C2=CCN(CCCCN)CC2)cc1. The number of nitrogens with zero attached hydrogens (tertiary/aromatic N) is 1. The predicted molar refractivity (Wildman–Crippen MR) is 92.4 cm³/mol. The average Bonchev–Trinajstić information content (AvgIpc) is 2.54. The summed E-state index contributed by atoms with van der Waals surface area (Å²) in [6.45, 7) is 6.54. The van der Waals surface area contributed by atoms with Gasteiger partial charge in [-0.3, -0.25) is 4.90 Å². The van der Waals surface area contributed by atoms with Gasteiger partial charge in [-0.1, -0.05) is 43.7 Å². The highest BCUT2D eigenvalue weighted by Gasteiger charge is 2.12. The Kier molecular flexibility index (Phi) is 6.98. The van der Waals surface area contributed by atoms with Crippen molar-refractivity contribution in [3.63, 3.8) is 0 Å². The van der Waals surface area contributed by atoms with E-state index in [-0.39, 0.29) is 0 Å². The highest BCUT2D eigenvalue weighted by Crippen LogP contribution is 2.23. The molecule has 0 aliphatic carbocycles. The Bertz CT molecular complexity index is 433. The molecule has 1 aromatic carbocycles. The molecule has 0 saturated carbocycles. The summed E-state index contributed by atoms with van der Waals surface area (Å²) >= 11 is 0. The van der Waals surface area contributed by atoms with Crippen molar-refractivity contribution in [3.05, 3.63) is 41.5 Å².